The van der Waals surface area contributed by atoms with Crippen LogP contribution in [0, 0.1) is 10.1 Å². The molecule has 8 heteroatoms. The number of nitrogens with zero attached hydrogens (tertiary/aromatic N) is 2. The topological polar surface area (TPSA) is 93.9 Å². The van der Waals surface area contributed by atoms with Crippen LogP contribution in [0.4, 0.5) is 11.4 Å². The van der Waals surface area contributed by atoms with Gasteiger partial charge in [0.25, 0.3) is 11.6 Å². The number of nitro benzene ring substituents is 1. The van der Waals surface area contributed by atoms with E-state index < -0.39 is 11.1 Å². The minimum atomic E-state index is -0.692. The Balaban J connectivity index is 2.18. The maximum absolute atomic E-state index is 12.9. The lowest BCUT2D eigenvalue weighted by Crippen LogP contribution is -2.43. The molecule has 0 aromatic heterocycles. The number of benzene rings is 2. The first-order valence-electron chi connectivity index (χ1n) is 8.08. The van der Waals surface area contributed by atoms with Crippen molar-refractivity contribution in [3.63, 3.8) is 0 Å². The zero-order chi connectivity index (χ0) is 18.8. The van der Waals surface area contributed by atoms with Crippen LogP contribution >= 0.6 is 0 Å². The molecule has 1 heterocycles. The van der Waals surface area contributed by atoms with Gasteiger partial charge in [-0.2, -0.15) is 0 Å². The lowest BCUT2D eigenvalue weighted by Gasteiger charge is -2.37. The summed E-state index contributed by atoms with van der Waals surface area (Å²) in [5, 5.41) is 14.9. The molecule has 0 unspecified atom stereocenters. The third kappa shape index (κ3) is 2.79. The number of anilines is 1. The molecule has 1 aliphatic heterocycles. The zero-order valence-corrected chi connectivity index (χ0v) is 14.7. The van der Waals surface area contributed by atoms with Crippen molar-refractivity contribution in [3.05, 3.63) is 57.6 Å². The van der Waals surface area contributed by atoms with Gasteiger partial charge < -0.3 is 19.7 Å². The first kappa shape index (κ1) is 17.5. The Morgan fingerprint density at radius 2 is 1.85 bits per heavy atom. The van der Waals surface area contributed by atoms with Crippen molar-refractivity contribution in [2.24, 2.45) is 0 Å². The number of carbonyl (C=O) groups excluding carboxylic acids is 1. The second kappa shape index (κ2) is 6.91. The average molecular weight is 357 g/mol. The van der Waals surface area contributed by atoms with Gasteiger partial charge in [0.05, 0.1) is 36.3 Å². The van der Waals surface area contributed by atoms with Gasteiger partial charge in [-0.15, -0.1) is 0 Å². The molecule has 0 bridgehead atoms. The van der Waals surface area contributed by atoms with Crippen molar-refractivity contribution < 1.29 is 19.2 Å². The first-order valence-corrected chi connectivity index (χ1v) is 8.08. The molecular formula is C18H19N3O5. The smallest absolute Gasteiger partial charge is 0.280 e. The van der Waals surface area contributed by atoms with Crippen LogP contribution in [0.15, 0.2) is 36.4 Å². The van der Waals surface area contributed by atoms with Crippen LogP contribution in [-0.4, -0.2) is 36.5 Å². The predicted octanol–water partition coefficient (Wildman–Crippen LogP) is 3.20. The summed E-state index contributed by atoms with van der Waals surface area (Å²) >= 11 is 0. The van der Waals surface area contributed by atoms with Crippen LogP contribution < -0.4 is 14.8 Å². The van der Waals surface area contributed by atoms with Gasteiger partial charge in [0.15, 0.2) is 11.5 Å². The lowest BCUT2D eigenvalue weighted by atomic mass is 10.0. The van der Waals surface area contributed by atoms with Gasteiger partial charge in [-0.25, -0.2) is 0 Å². The Bertz CT molecular complexity index is 868. The van der Waals surface area contributed by atoms with Crippen LogP contribution in [0.25, 0.3) is 0 Å². The van der Waals surface area contributed by atoms with Crippen molar-refractivity contribution in [1.29, 1.82) is 0 Å². The molecule has 0 spiro atoms. The molecule has 3 rings (SSSR count). The van der Waals surface area contributed by atoms with E-state index in [1.807, 2.05) is 6.92 Å². The molecule has 136 valence electrons. The summed E-state index contributed by atoms with van der Waals surface area (Å²) in [5.74, 6) is 0.432. The minimum absolute atomic E-state index is 0.147. The number of hydrogen-bond acceptors (Lipinski definition) is 6. The Morgan fingerprint density at radius 3 is 2.46 bits per heavy atom. The summed E-state index contributed by atoms with van der Waals surface area (Å²) in [6.07, 6.45) is -0.692. The van der Waals surface area contributed by atoms with Gasteiger partial charge in [-0.3, -0.25) is 14.9 Å². The molecule has 1 aliphatic rings. The maximum Gasteiger partial charge on any atom is 0.280 e. The quantitative estimate of drug-likeness (QED) is 0.652. The summed E-state index contributed by atoms with van der Waals surface area (Å²) in [6.45, 7) is 2.21. The third-order valence-electron chi connectivity index (χ3n) is 4.39. The molecule has 0 fully saturated rings. The third-order valence-corrected chi connectivity index (χ3v) is 4.39. The summed E-state index contributed by atoms with van der Waals surface area (Å²) < 4.78 is 10.5. The van der Waals surface area contributed by atoms with Crippen molar-refractivity contribution in [1.82, 2.24) is 4.90 Å². The largest absolute Gasteiger partial charge is 0.493 e. The number of amides is 1. The van der Waals surface area contributed by atoms with Crippen molar-refractivity contribution in [3.8, 4) is 11.5 Å². The number of nitro groups is 1. The highest BCUT2D eigenvalue weighted by Crippen LogP contribution is 2.41. The number of hydrogen-bond donors (Lipinski definition) is 1. The molecule has 2 aromatic rings. The summed E-state index contributed by atoms with van der Waals surface area (Å²) in [7, 11) is 2.87. The van der Waals surface area contributed by atoms with Crippen LogP contribution in [0.5, 0.6) is 11.5 Å². The van der Waals surface area contributed by atoms with Gasteiger partial charge in [-0.1, -0.05) is 12.1 Å². The van der Waals surface area contributed by atoms with Gasteiger partial charge in [-0.05, 0) is 25.1 Å². The Hall–Kier alpha value is -3.29. The zero-order valence-electron chi connectivity index (χ0n) is 14.7. The fourth-order valence-corrected chi connectivity index (χ4v) is 3.13. The maximum atomic E-state index is 12.9. The number of rotatable bonds is 5. The van der Waals surface area contributed by atoms with Gasteiger partial charge in [0.2, 0.25) is 0 Å². The molecular weight excluding hydrogens is 338 g/mol. The minimum Gasteiger partial charge on any atom is -0.493 e. The highest BCUT2D eigenvalue weighted by molar-refractivity contribution is 6.01. The van der Waals surface area contributed by atoms with E-state index in [-0.39, 0.29) is 17.3 Å². The van der Waals surface area contributed by atoms with E-state index in [0.717, 1.165) is 0 Å². The van der Waals surface area contributed by atoms with Crippen LogP contribution in [-0.2, 0) is 0 Å². The highest BCUT2D eigenvalue weighted by Gasteiger charge is 2.36. The molecule has 0 radical (unpaired) electrons. The van der Waals surface area contributed by atoms with Crippen molar-refractivity contribution >= 4 is 17.3 Å². The van der Waals surface area contributed by atoms with Crippen molar-refractivity contribution in [2.45, 2.75) is 13.1 Å². The monoisotopic (exact) mass is 357 g/mol. The van der Waals surface area contributed by atoms with E-state index in [4.69, 9.17) is 9.47 Å². The number of para-hydroxylation sites is 1. The van der Waals surface area contributed by atoms with Gasteiger partial charge in [0, 0.05) is 12.2 Å². The molecule has 1 atom stereocenters. The second-order valence-electron chi connectivity index (χ2n) is 5.71. The molecule has 0 aliphatic carbocycles. The Kier molecular flexibility index (Phi) is 4.66. The molecule has 1 amide bonds. The first-order chi connectivity index (χ1) is 12.5. The molecule has 0 saturated heterocycles. The Labute approximate surface area is 150 Å². The van der Waals surface area contributed by atoms with E-state index in [1.165, 1.54) is 20.3 Å². The lowest BCUT2D eigenvalue weighted by molar-refractivity contribution is -0.386. The number of ether oxygens (including phenoxy) is 2. The summed E-state index contributed by atoms with van der Waals surface area (Å²) in [4.78, 5) is 25.5. The van der Waals surface area contributed by atoms with Crippen molar-refractivity contribution in [2.75, 3.05) is 26.1 Å². The second-order valence-corrected chi connectivity index (χ2v) is 5.71. The van der Waals surface area contributed by atoms with Crippen LogP contribution in [0.3, 0.4) is 0 Å². The van der Waals surface area contributed by atoms with E-state index in [2.05, 4.69) is 5.32 Å². The average Bonchev–Trinajstić information content (AvgIpc) is 2.66. The normalized spacial score (nSPS) is 15.9. The number of methoxy groups -OCH3 is 2. The number of nitrogens with one attached hydrogen (secondary N) is 1. The van der Waals surface area contributed by atoms with E-state index >= 15 is 0 Å². The fourth-order valence-electron chi connectivity index (χ4n) is 3.13. The molecule has 26 heavy (non-hydrogen) atoms. The molecule has 2 aromatic carbocycles. The summed E-state index contributed by atoms with van der Waals surface area (Å²) in [5.41, 5.74) is 1.35. The van der Waals surface area contributed by atoms with E-state index in [1.54, 1.807) is 35.2 Å². The standard InChI is InChI=1S/C18H19N3O5/c1-4-20-17(19-13-8-6-5-7-11(13)18(20)22)12-9-15(25-2)16(26-3)10-14(12)21(23)24/h5-10,17,19H,4H2,1-3H3/t17-/m1/s1. The predicted molar refractivity (Wildman–Crippen MR) is 95.7 cm³/mol. The number of carbonyl (C=O) groups is 1. The fraction of sp³-hybridized carbons (Fsp3) is 0.278. The molecule has 8 nitrogen and oxygen atoms in total. The summed E-state index contributed by atoms with van der Waals surface area (Å²) in [6, 6.07) is 9.95. The Morgan fingerprint density at radius 1 is 1.19 bits per heavy atom. The molecule has 1 N–H and O–H groups in total. The van der Waals surface area contributed by atoms with Gasteiger partial charge in [0.1, 0.15) is 6.17 Å². The number of fused-ring (bicyclic) bond motifs is 1. The molecule has 0 saturated carbocycles. The SMILES string of the molecule is CCN1C(=O)c2ccccc2N[C@H]1c1cc(OC)c(OC)cc1[N+](=O)[O-]. The van der Waals surface area contributed by atoms with Gasteiger partial charge >= 0.3 is 0 Å². The highest BCUT2D eigenvalue weighted by atomic mass is 16.6. The van der Waals surface area contributed by atoms with Crippen LogP contribution in [0.2, 0.25) is 0 Å². The van der Waals surface area contributed by atoms with Crippen LogP contribution in [0.1, 0.15) is 29.0 Å². The van der Waals surface area contributed by atoms with E-state index in [9.17, 15) is 14.9 Å². The van der Waals surface area contributed by atoms with E-state index in [0.29, 0.717) is 29.1 Å².